The number of rotatable bonds is 7. The van der Waals surface area contributed by atoms with E-state index in [0.717, 1.165) is 23.9 Å². The maximum atomic E-state index is 14.8. The van der Waals surface area contributed by atoms with Gasteiger partial charge in [0.25, 0.3) is 0 Å². The number of ether oxygens (including phenoxy) is 1. The predicted octanol–water partition coefficient (Wildman–Crippen LogP) is 6.38. The van der Waals surface area contributed by atoms with Crippen LogP contribution in [0.5, 0.6) is 0 Å². The molecule has 0 saturated carbocycles. The summed E-state index contributed by atoms with van der Waals surface area (Å²) in [5.41, 5.74) is 0.542. The second-order valence-corrected chi connectivity index (χ2v) is 12.0. The van der Waals surface area contributed by atoms with E-state index in [4.69, 9.17) is 27.9 Å². The summed E-state index contributed by atoms with van der Waals surface area (Å²) in [6, 6.07) is 15.5. The topological polar surface area (TPSA) is 66.9 Å². The molecule has 1 heterocycles. The summed E-state index contributed by atoms with van der Waals surface area (Å²) in [5.74, 6) is -2.55. The van der Waals surface area contributed by atoms with Crippen LogP contribution in [-0.4, -0.2) is 52.2 Å². The number of amides is 1. The normalized spacial score (nSPS) is 15.7. The van der Waals surface area contributed by atoms with Gasteiger partial charge >= 0.3 is 6.09 Å². The molecule has 2 atom stereocenters. The van der Waals surface area contributed by atoms with Crippen molar-refractivity contribution >= 4 is 44.8 Å². The second-order valence-electron chi connectivity index (χ2n) is 9.07. The number of hydrogen-bond donors (Lipinski definition) is 0. The van der Waals surface area contributed by atoms with Gasteiger partial charge in [0, 0.05) is 42.7 Å². The van der Waals surface area contributed by atoms with E-state index in [9.17, 15) is 22.0 Å². The fourth-order valence-corrected chi connectivity index (χ4v) is 6.90. The molecule has 1 saturated heterocycles. The SMILES string of the molecule is C[C@H](COC(=O)N1CCN(c2ccccc2Cl)CC1)[C@@H](c1cc(F)ccc1F)S(=O)(=O)c1ccc(Cl)cc1. The first kappa shape index (κ1) is 28.1. The summed E-state index contributed by atoms with van der Waals surface area (Å²) < 4.78 is 61.5. The van der Waals surface area contributed by atoms with Gasteiger partial charge in [0.15, 0.2) is 9.84 Å². The third-order valence-electron chi connectivity index (χ3n) is 6.46. The largest absolute Gasteiger partial charge is 0.449 e. The van der Waals surface area contributed by atoms with Crippen LogP contribution in [-0.2, 0) is 14.6 Å². The Morgan fingerprint density at radius 3 is 2.29 bits per heavy atom. The van der Waals surface area contributed by atoms with E-state index in [1.807, 2.05) is 18.2 Å². The predicted molar refractivity (Wildman–Crippen MR) is 143 cm³/mol. The first-order valence-corrected chi connectivity index (χ1v) is 14.2. The second kappa shape index (κ2) is 11.9. The van der Waals surface area contributed by atoms with E-state index >= 15 is 0 Å². The number of carbonyl (C=O) groups is 1. The minimum absolute atomic E-state index is 0.107. The zero-order valence-corrected chi connectivity index (χ0v) is 22.8. The molecule has 6 nitrogen and oxygen atoms in total. The number of para-hydroxylation sites is 1. The molecule has 3 aromatic rings. The minimum atomic E-state index is -4.21. The highest BCUT2D eigenvalue weighted by Gasteiger charge is 2.37. The molecule has 0 aromatic heterocycles. The molecule has 38 heavy (non-hydrogen) atoms. The number of hydrogen-bond acceptors (Lipinski definition) is 5. The third kappa shape index (κ3) is 6.22. The summed E-state index contributed by atoms with van der Waals surface area (Å²) in [7, 11) is -4.21. The Labute approximate surface area is 230 Å². The quantitative estimate of drug-likeness (QED) is 0.323. The monoisotopic (exact) mass is 582 g/mol. The minimum Gasteiger partial charge on any atom is -0.449 e. The maximum Gasteiger partial charge on any atom is 0.409 e. The highest BCUT2D eigenvalue weighted by molar-refractivity contribution is 7.91. The molecule has 4 rings (SSSR count). The van der Waals surface area contributed by atoms with Crippen LogP contribution in [0.25, 0.3) is 0 Å². The smallest absolute Gasteiger partial charge is 0.409 e. The van der Waals surface area contributed by atoms with E-state index < -0.39 is 38.7 Å². The van der Waals surface area contributed by atoms with Crippen molar-refractivity contribution in [2.75, 3.05) is 37.7 Å². The first-order chi connectivity index (χ1) is 18.1. The molecule has 0 N–H and O–H groups in total. The van der Waals surface area contributed by atoms with Crippen molar-refractivity contribution in [1.82, 2.24) is 4.90 Å². The van der Waals surface area contributed by atoms with Gasteiger partial charge in [-0.2, -0.15) is 0 Å². The van der Waals surface area contributed by atoms with Crippen LogP contribution in [0, 0.1) is 17.6 Å². The van der Waals surface area contributed by atoms with Crippen LogP contribution in [0.15, 0.2) is 71.6 Å². The number of piperazine rings is 1. The summed E-state index contributed by atoms with van der Waals surface area (Å²) in [5, 5.41) is -0.562. The fraction of sp³-hybridized carbons (Fsp3) is 0.296. The molecule has 1 fully saturated rings. The van der Waals surface area contributed by atoms with Crippen molar-refractivity contribution in [3.63, 3.8) is 0 Å². The highest BCUT2D eigenvalue weighted by Crippen LogP contribution is 2.37. The Bertz CT molecular complexity index is 1400. The van der Waals surface area contributed by atoms with Crippen molar-refractivity contribution in [2.45, 2.75) is 17.1 Å². The number of anilines is 1. The van der Waals surface area contributed by atoms with Gasteiger partial charge in [-0.15, -0.1) is 0 Å². The van der Waals surface area contributed by atoms with Crippen molar-refractivity contribution in [1.29, 1.82) is 0 Å². The summed E-state index contributed by atoms with van der Waals surface area (Å²) in [6.45, 7) is 3.03. The molecule has 0 aliphatic carbocycles. The Morgan fingerprint density at radius 2 is 1.63 bits per heavy atom. The Balaban J connectivity index is 1.48. The van der Waals surface area contributed by atoms with Gasteiger partial charge in [0.1, 0.15) is 11.6 Å². The van der Waals surface area contributed by atoms with Crippen LogP contribution in [0.2, 0.25) is 10.0 Å². The number of halogens is 4. The lowest BCUT2D eigenvalue weighted by atomic mass is 10.0. The van der Waals surface area contributed by atoms with E-state index in [2.05, 4.69) is 4.90 Å². The molecule has 1 aliphatic heterocycles. The number of benzene rings is 3. The summed E-state index contributed by atoms with van der Waals surface area (Å²) >= 11 is 12.2. The standard InChI is InChI=1S/C27H26Cl2F2N2O4S/c1-18(17-37-27(34)33-14-12-32(13-15-33)25-5-3-2-4-23(25)29)26(22-16-20(30)8-11-24(22)31)38(35,36)21-9-6-19(28)7-10-21/h2-11,16,18,26H,12-15,17H2,1H3/t18-,26+/m1/s1. The average molecular weight is 583 g/mol. The zero-order chi connectivity index (χ0) is 27.4. The molecule has 3 aromatic carbocycles. The van der Waals surface area contributed by atoms with Crippen molar-refractivity contribution in [2.24, 2.45) is 5.92 Å². The Kier molecular flexibility index (Phi) is 8.80. The summed E-state index contributed by atoms with van der Waals surface area (Å²) in [6.07, 6.45) is -0.613. The van der Waals surface area contributed by atoms with Gasteiger partial charge < -0.3 is 14.5 Å². The van der Waals surface area contributed by atoms with Crippen LogP contribution >= 0.6 is 23.2 Å². The molecule has 0 unspecified atom stereocenters. The molecular formula is C27H26Cl2F2N2O4S. The van der Waals surface area contributed by atoms with Gasteiger partial charge in [-0.3, -0.25) is 0 Å². The lowest BCUT2D eigenvalue weighted by Crippen LogP contribution is -2.49. The van der Waals surface area contributed by atoms with E-state index in [1.165, 1.54) is 36.1 Å². The highest BCUT2D eigenvalue weighted by atomic mass is 35.5. The van der Waals surface area contributed by atoms with Crippen molar-refractivity contribution < 1.29 is 26.7 Å². The van der Waals surface area contributed by atoms with Gasteiger partial charge in [-0.1, -0.05) is 42.3 Å². The molecule has 0 radical (unpaired) electrons. The number of sulfone groups is 1. The lowest BCUT2D eigenvalue weighted by molar-refractivity contribution is 0.0870. The first-order valence-electron chi connectivity index (χ1n) is 11.9. The Hall–Kier alpha value is -2.88. The van der Waals surface area contributed by atoms with E-state index in [1.54, 1.807) is 6.07 Å². The van der Waals surface area contributed by atoms with Gasteiger partial charge in [0.2, 0.25) is 0 Å². The molecule has 1 amide bonds. The van der Waals surface area contributed by atoms with Gasteiger partial charge in [-0.05, 0) is 54.6 Å². The van der Waals surface area contributed by atoms with Crippen LogP contribution in [0.4, 0.5) is 19.3 Å². The maximum absolute atomic E-state index is 14.8. The van der Waals surface area contributed by atoms with E-state index in [0.29, 0.717) is 36.2 Å². The molecule has 0 spiro atoms. The molecular weight excluding hydrogens is 557 g/mol. The Morgan fingerprint density at radius 1 is 0.974 bits per heavy atom. The molecule has 202 valence electrons. The number of carbonyl (C=O) groups excluding carboxylic acids is 1. The van der Waals surface area contributed by atoms with E-state index in [-0.39, 0.29) is 17.1 Å². The average Bonchev–Trinajstić information content (AvgIpc) is 2.90. The molecule has 1 aliphatic rings. The van der Waals surface area contributed by atoms with Gasteiger partial charge in [-0.25, -0.2) is 22.0 Å². The van der Waals surface area contributed by atoms with Gasteiger partial charge in [0.05, 0.1) is 27.5 Å². The van der Waals surface area contributed by atoms with Crippen LogP contribution < -0.4 is 4.90 Å². The molecule has 11 heteroatoms. The summed E-state index contributed by atoms with van der Waals surface area (Å²) in [4.78, 5) is 16.3. The fourth-order valence-electron chi connectivity index (χ4n) is 4.50. The number of nitrogens with zero attached hydrogens (tertiary/aromatic N) is 2. The molecule has 0 bridgehead atoms. The van der Waals surface area contributed by atoms with Crippen molar-refractivity contribution in [3.8, 4) is 0 Å². The third-order valence-corrected chi connectivity index (χ3v) is 9.35. The lowest BCUT2D eigenvalue weighted by Gasteiger charge is -2.36. The van der Waals surface area contributed by atoms with Crippen molar-refractivity contribution in [3.05, 3.63) is 94.0 Å². The van der Waals surface area contributed by atoms with Crippen LogP contribution in [0.3, 0.4) is 0 Å². The van der Waals surface area contributed by atoms with Crippen LogP contribution in [0.1, 0.15) is 17.7 Å². The zero-order valence-electron chi connectivity index (χ0n) is 20.5.